The normalized spacial score (nSPS) is 38.2. The van der Waals surface area contributed by atoms with E-state index in [9.17, 15) is 0 Å². The standard InChI is InChI=1S/C6H12O2/c1-5-2-6(3-7)4-8-5/h5-7H,2-4H2,1H3. The lowest BCUT2D eigenvalue weighted by Gasteiger charge is -1.98. The SMILES string of the molecule is CC1CC(CO)CO1. The highest BCUT2D eigenvalue weighted by atomic mass is 16.5. The van der Waals surface area contributed by atoms with Gasteiger partial charge in [-0.3, -0.25) is 0 Å². The molecule has 0 spiro atoms. The fourth-order valence-corrected chi connectivity index (χ4v) is 1.03. The van der Waals surface area contributed by atoms with Crippen LogP contribution in [0.25, 0.3) is 0 Å². The summed E-state index contributed by atoms with van der Waals surface area (Å²) < 4.78 is 5.20. The lowest BCUT2D eigenvalue weighted by atomic mass is 10.1. The molecule has 2 nitrogen and oxygen atoms in total. The largest absolute Gasteiger partial charge is 0.396 e. The highest BCUT2D eigenvalue weighted by Gasteiger charge is 2.20. The van der Waals surface area contributed by atoms with Crippen LogP contribution in [-0.2, 0) is 4.74 Å². The van der Waals surface area contributed by atoms with E-state index in [0.29, 0.717) is 12.0 Å². The van der Waals surface area contributed by atoms with Crippen LogP contribution in [0.1, 0.15) is 13.3 Å². The van der Waals surface area contributed by atoms with Gasteiger partial charge in [-0.05, 0) is 13.3 Å². The first kappa shape index (κ1) is 6.05. The molecule has 0 bridgehead atoms. The van der Waals surface area contributed by atoms with E-state index in [1.165, 1.54) is 0 Å². The van der Waals surface area contributed by atoms with Gasteiger partial charge in [-0.15, -0.1) is 0 Å². The van der Waals surface area contributed by atoms with Gasteiger partial charge in [0.05, 0.1) is 12.7 Å². The van der Waals surface area contributed by atoms with E-state index in [-0.39, 0.29) is 6.61 Å². The molecule has 1 rings (SSSR count). The Kier molecular flexibility index (Phi) is 1.86. The summed E-state index contributed by atoms with van der Waals surface area (Å²) in [5, 5.41) is 8.60. The lowest BCUT2D eigenvalue weighted by Crippen LogP contribution is -2.03. The first-order chi connectivity index (χ1) is 3.83. The minimum Gasteiger partial charge on any atom is -0.396 e. The summed E-state index contributed by atoms with van der Waals surface area (Å²) >= 11 is 0. The van der Waals surface area contributed by atoms with Gasteiger partial charge < -0.3 is 9.84 Å². The van der Waals surface area contributed by atoms with Crippen LogP contribution in [0.2, 0.25) is 0 Å². The van der Waals surface area contributed by atoms with Crippen LogP contribution in [0.4, 0.5) is 0 Å². The highest BCUT2D eigenvalue weighted by Crippen LogP contribution is 2.17. The lowest BCUT2D eigenvalue weighted by molar-refractivity contribution is 0.113. The summed E-state index contributed by atoms with van der Waals surface area (Å²) in [6.45, 7) is 3.07. The first-order valence-electron chi connectivity index (χ1n) is 3.05. The molecule has 48 valence electrons. The molecule has 1 aliphatic heterocycles. The molecule has 2 heteroatoms. The zero-order chi connectivity index (χ0) is 5.98. The molecule has 1 fully saturated rings. The summed E-state index contributed by atoms with van der Waals surface area (Å²) in [6.07, 6.45) is 1.39. The predicted octanol–water partition coefficient (Wildman–Crippen LogP) is 0.404. The van der Waals surface area contributed by atoms with Crippen LogP contribution in [0.3, 0.4) is 0 Å². The van der Waals surface area contributed by atoms with E-state index in [4.69, 9.17) is 9.84 Å². The monoisotopic (exact) mass is 116 g/mol. The van der Waals surface area contributed by atoms with Crippen molar-refractivity contribution in [3.8, 4) is 0 Å². The Labute approximate surface area is 49.5 Å². The molecule has 0 saturated carbocycles. The quantitative estimate of drug-likeness (QED) is 0.537. The first-order valence-corrected chi connectivity index (χ1v) is 3.05. The van der Waals surface area contributed by atoms with Crippen molar-refractivity contribution in [2.45, 2.75) is 19.4 Å². The molecule has 8 heavy (non-hydrogen) atoms. The molecule has 1 saturated heterocycles. The zero-order valence-corrected chi connectivity index (χ0v) is 5.13. The van der Waals surface area contributed by atoms with Crippen molar-refractivity contribution in [2.75, 3.05) is 13.2 Å². The predicted molar refractivity (Wildman–Crippen MR) is 30.6 cm³/mol. The number of hydrogen-bond donors (Lipinski definition) is 1. The van der Waals surface area contributed by atoms with Crippen molar-refractivity contribution in [1.29, 1.82) is 0 Å². The maximum atomic E-state index is 8.60. The number of aliphatic hydroxyl groups excluding tert-OH is 1. The average Bonchev–Trinajstić information content (AvgIpc) is 2.14. The third kappa shape index (κ3) is 1.20. The fraction of sp³-hybridized carbons (Fsp3) is 1.00. The van der Waals surface area contributed by atoms with Crippen molar-refractivity contribution < 1.29 is 9.84 Å². The zero-order valence-electron chi connectivity index (χ0n) is 5.13. The maximum Gasteiger partial charge on any atom is 0.0551 e. The van der Waals surface area contributed by atoms with Crippen LogP contribution in [0.15, 0.2) is 0 Å². The van der Waals surface area contributed by atoms with Gasteiger partial charge in [0.2, 0.25) is 0 Å². The molecule has 0 amide bonds. The van der Waals surface area contributed by atoms with Gasteiger partial charge >= 0.3 is 0 Å². The van der Waals surface area contributed by atoms with E-state index >= 15 is 0 Å². The molecule has 1 N–H and O–H groups in total. The van der Waals surface area contributed by atoms with Crippen LogP contribution < -0.4 is 0 Å². The van der Waals surface area contributed by atoms with Gasteiger partial charge in [-0.1, -0.05) is 0 Å². The third-order valence-electron chi connectivity index (χ3n) is 1.54. The summed E-state index contributed by atoms with van der Waals surface area (Å²) in [6, 6.07) is 0. The van der Waals surface area contributed by atoms with Crippen molar-refractivity contribution in [3.05, 3.63) is 0 Å². The van der Waals surface area contributed by atoms with Gasteiger partial charge in [0.1, 0.15) is 0 Å². The Morgan fingerprint density at radius 3 is 2.75 bits per heavy atom. The van der Waals surface area contributed by atoms with Crippen molar-refractivity contribution in [2.24, 2.45) is 5.92 Å². The van der Waals surface area contributed by atoms with Crippen molar-refractivity contribution in [3.63, 3.8) is 0 Å². The summed E-state index contributed by atoms with van der Waals surface area (Å²) in [5.74, 6) is 0.407. The molecule has 2 unspecified atom stereocenters. The summed E-state index contributed by atoms with van der Waals surface area (Å²) in [5.41, 5.74) is 0. The van der Waals surface area contributed by atoms with Gasteiger partial charge in [-0.2, -0.15) is 0 Å². The maximum absolute atomic E-state index is 8.60. The summed E-state index contributed by atoms with van der Waals surface area (Å²) in [7, 11) is 0. The van der Waals surface area contributed by atoms with E-state index < -0.39 is 0 Å². The van der Waals surface area contributed by atoms with Crippen molar-refractivity contribution >= 4 is 0 Å². The molecule has 0 aromatic heterocycles. The Balaban J connectivity index is 2.22. The molecular formula is C6H12O2. The van der Waals surface area contributed by atoms with E-state index in [2.05, 4.69) is 0 Å². The van der Waals surface area contributed by atoms with Gasteiger partial charge in [0, 0.05) is 12.5 Å². The molecular weight excluding hydrogens is 104 g/mol. The number of rotatable bonds is 1. The molecule has 0 aromatic carbocycles. The number of ether oxygens (including phenoxy) is 1. The topological polar surface area (TPSA) is 29.5 Å². The van der Waals surface area contributed by atoms with Gasteiger partial charge in [0.15, 0.2) is 0 Å². The van der Waals surface area contributed by atoms with Crippen LogP contribution in [0.5, 0.6) is 0 Å². The second-order valence-corrected chi connectivity index (χ2v) is 2.43. The molecule has 2 atom stereocenters. The third-order valence-corrected chi connectivity index (χ3v) is 1.54. The molecule has 0 aromatic rings. The van der Waals surface area contributed by atoms with E-state index in [1.807, 2.05) is 6.92 Å². The van der Waals surface area contributed by atoms with E-state index in [0.717, 1.165) is 13.0 Å². The minimum atomic E-state index is 0.282. The second-order valence-electron chi connectivity index (χ2n) is 2.43. The summed E-state index contributed by atoms with van der Waals surface area (Å²) in [4.78, 5) is 0. The number of hydrogen-bond acceptors (Lipinski definition) is 2. The molecule has 0 radical (unpaired) electrons. The van der Waals surface area contributed by atoms with Crippen LogP contribution in [0, 0.1) is 5.92 Å². The Morgan fingerprint density at radius 2 is 2.50 bits per heavy atom. The van der Waals surface area contributed by atoms with Crippen LogP contribution >= 0.6 is 0 Å². The van der Waals surface area contributed by atoms with E-state index in [1.54, 1.807) is 0 Å². The number of aliphatic hydroxyl groups is 1. The molecule has 0 aliphatic carbocycles. The van der Waals surface area contributed by atoms with Crippen molar-refractivity contribution in [1.82, 2.24) is 0 Å². The van der Waals surface area contributed by atoms with Gasteiger partial charge in [0.25, 0.3) is 0 Å². The average molecular weight is 116 g/mol. The Morgan fingerprint density at radius 1 is 1.75 bits per heavy atom. The second kappa shape index (κ2) is 2.46. The minimum absolute atomic E-state index is 0.282. The van der Waals surface area contributed by atoms with Gasteiger partial charge in [-0.25, -0.2) is 0 Å². The smallest absolute Gasteiger partial charge is 0.0551 e. The fourth-order valence-electron chi connectivity index (χ4n) is 1.03. The highest BCUT2D eigenvalue weighted by molar-refractivity contribution is 4.68. The Hall–Kier alpha value is -0.0800. The molecule has 1 aliphatic rings. The molecule has 1 heterocycles. The van der Waals surface area contributed by atoms with Crippen LogP contribution in [-0.4, -0.2) is 24.4 Å². The Bertz CT molecular complexity index is 72.9.